The summed E-state index contributed by atoms with van der Waals surface area (Å²) in [5.41, 5.74) is -0.595. The summed E-state index contributed by atoms with van der Waals surface area (Å²) in [6.45, 7) is 3.63. The zero-order valence-electron chi connectivity index (χ0n) is 9.20. The maximum absolute atomic E-state index is 11.2. The van der Waals surface area contributed by atoms with Gasteiger partial charge in [0.1, 0.15) is 6.26 Å². The van der Waals surface area contributed by atoms with Gasteiger partial charge in [0.15, 0.2) is 5.69 Å². The molecular weight excluding hydrogens is 214 g/mol. The number of oxazole rings is 1. The van der Waals surface area contributed by atoms with Crippen molar-refractivity contribution < 1.29 is 19.1 Å². The Labute approximate surface area is 91.9 Å². The van der Waals surface area contributed by atoms with E-state index in [2.05, 4.69) is 10.3 Å². The Morgan fingerprint density at radius 1 is 1.50 bits per heavy atom. The van der Waals surface area contributed by atoms with E-state index in [1.807, 2.05) is 13.8 Å². The quantitative estimate of drug-likeness (QED) is 0.696. The van der Waals surface area contributed by atoms with Crippen molar-refractivity contribution in [3.63, 3.8) is 0 Å². The highest BCUT2D eigenvalue weighted by atomic mass is 16.4. The number of imide groups is 1. The summed E-state index contributed by atoms with van der Waals surface area (Å²) in [5, 5.41) is 13.0. The lowest BCUT2D eigenvalue weighted by atomic mass is 10.1. The number of carbonyl (C=O) groups excluding carboxylic acids is 1. The highest BCUT2D eigenvalue weighted by Crippen LogP contribution is 2.18. The molecule has 0 saturated carbocycles. The third kappa shape index (κ3) is 2.57. The molecule has 0 atom stereocenters. The largest absolute Gasteiger partial charge is 0.465 e. The van der Waals surface area contributed by atoms with Crippen molar-refractivity contribution in [2.24, 2.45) is 0 Å². The monoisotopic (exact) mass is 227 g/mol. The predicted octanol–water partition coefficient (Wildman–Crippen LogP) is 0.537. The molecule has 88 valence electrons. The average molecular weight is 227 g/mol. The van der Waals surface area contributed by atoms with Crippen LogP contribution in [0.15, 0.2) is 10.7 Å². The van der Waals surface area contributed by atoms with Gasteiger partial charge in [-0.3, -0.25) is 10.1 Å². The van der Waals surface area contributed by atoms with Gasteiger partial charge in [0.05, 0.1) is 5.54 Å². The van der Waals surface area contributed by atoms with Crippen molar-refractivity contribution in [2.75, 3.05) is 7.05 Å². The fourth-order valence-corrected chi connectivity index (χ4v) is 0.933. The molecule has 0 fully saturated rings. The Kier molecular flexibility index (Phi) is 3.28. The fourth-order valence-electron chi connectivity index (χ4n) is 0.933. The van der Waals surface area contributed by atoms with Crippen molar-refractivity contribution in [3.8, 4) is 0 Å². The van der Waals surface area contributed by atoms with Crippen LogP contribution in [0.1, 0.15) is 30.2 Å². The number of aromatic nitrogens is 1. The van der Waals surface area contributed by atoms with Crippen LogP contribution >= 0.6 is 0 Å². The summed E-state index contributed by atoms with van der Waals surface area (Å²) in [6.07, 6.45) is -0.311. The number of carboxylic acid groups (broad SMARTS) is 1. The lowest BCUT2D eigenvalue weighted by Crippen LogP contribution is -2.34. The van der Waals surface area contributed by atoms with Gasteiger partial charge in [-0.1, -0.05) is 0 Å². The van der Waals surface area contributed by atoms with Crippen molar-refractivity contribution in [1.82, 2.24) is 15.6 Å². The third-order valence-corrected chi connectivity index (χ3v) is 2.12. The highest BCUT2D eigenvalue weighted by Gasteiger charge is 2.25. The SMILES string of the molecule is CNC(C)(C)c1nc(C(=O)NC(=O)O)co1. The van der Waals surface area contributed by atoms with E-state index in [9.17, 15) is 9.59 Å². The zero-order valence-corrected chi connectivity index (χ0v) is 9.20. The number of amides is 2. The van der Waals surface area contributed by atoms with Crippen LogP contribution in [0.25, 0.3) is 0 Å². The first-order valence-electron chi connectivity index (χ1n) is 4.56. The molecule has 0 saturated heterocycles. The molecule has 0 aliphatic carbocycles. The molecule has 1 rings (SSSR count). The molecule has 7 nitrogen and oxygen atoms in total. The Hall–Kier alpha value is -1.89. The van der Waals surface area contributed by atoms with E-state index >= 15 is 0 Å². The van der Waals surface area contributed by atoms with Crippen LogP contribution in [0, 0.1) is 0 Å². The summed E-state index contributed by atoms with van der Waals surface area (Å²) >= 11 is 0. The van der Waals surface area contributed by atoms with Gasteiger partial charge in [-0.15, -0.1) is 0 Å². The number of hydrogen-bond acceptors (Lipinski definition) is 5. The first kappa shape index (κ1) is 12.2. The molecule has 1 aromatic heterocycles. The molecule has 7 heteroatoms. The smallest absolute Gasteiger partial charge is 0.411 e. The van der Waals surface area contributed by atoms with Crippen LogP contribution in [0.3, 0.4) is 0 Å². The minimum Gasteiger partial charge on any atom is -0.465 e. The summed E-state index contributed by atoms with van der Waals surface area (Å²) in [5.74, 6) is -0.500. The van der Waals surface area contributed by atoms with E-state index in [-0.39, 0.29) is 5.69 Å². The fraction of sp³-hybridized carbons (Fsp3) is 0.444. The highest BCUT2D eigenvalue weighted by molar-refractivity contribution is 6.00. The van der Waals surface area contributed by atoms with E-state index in [0.29, 0.717) is 5.89 Å². The molecule has 0 spiro atoms. The maximum Gasteiger partial charge on any atom is 0.411 e. The Morgan fingerprint density at radius 2 is 2.12 bits per heavy atom. The molecule has 3 N–H and O–H groups in total. The lowest BCUT2D eigenvalue weighted by molar-refractivity contribution is 0.0943. The normalized spacial score (nSPS) is 11.2. The van der Waals surface area contributed by atoms with Crippen LogP contribution in [-0.2, 0) is 5.54 Å². The third-order valence-electron chi connectivity index (χ3n) is 2.12. The maximum atomic E-state index is 11.2. The lowest BCUT2D eigenvalue weighted by Gasteiger charge is -2.18. The van der Waals surface area contributed by atoms with Gasteiger partial charge >= 0.3 is 6.09 Å². The minimum atomic E-state index is -1.43. The van der Waals surface area contributed by atoms with E-state index in [1.165, 1.54) is 0 Å². The van der Waals surface area contributed by atoms with Gasteiger partial charge < -0.3 is 14.8 Å². The summed E-state index contributed by atoms with van der Waals surface area (Å²) < 4.78 is 5.10. The molecule has 2 amide bonds. The predicted molar refractivity (Wildman–Crippen MR) is 54.1 cm³/mol. The second-order valence-corrected chi connectivity index (χ2v) is 3.67. The van der Waals surface area contributed by atoms with Crippen molar-refractivity contribution in [1.29, 1.82) is 0 Å². The van der Waals surface area contributed by atoms with E-state index in [1.54, 1.807) is 12.4 Å². The average Bonchev–Trinajstić information content (AvgIpc) is 2.66. The van der Waals surface area contributed by atoms with E-state index in [4.69, 9.17) is 9.52 Å². The van der Waals surface area contributed by atoms with Crippen molar-refractivity contribution in [3.05, 3.63) is 17.8 Å². The van der Waals surface area contributed by atoms with Crippen LogP contribution in [0.5, 0.6) is 0 Å². The van der Waals surface area contributed by atoms with Crippen molar-refractivity contribution >= 4 is 12.0 Å². The van der Waals surface area contributed by atoms with Crippen LogP contribution in [0.2, 0.25) is 0 Å². The van der Waals surface area contributed by atoms with Crippen LogP contribution < -0.4 is 10.6 Å². The second kappa shape index (κ2) is 4.31. The Morgan fingerprint density at radius 3 is 2.62 bits per heavy atom. The molecule has 0 radical (unpaired) electrons. The number of carbonyl (C=O) groups is 2. The van der Waals surface area contributed by atoms with E-state index < -0.39 is 17.5 Å². The molecule has 0 aromatic carbocycles. The molecule has 16 heavy (non-hydrogen) atoms. The molecule has 0 aliphatic rings. The molecule has 0 aliphatic heterocycles. The van der Waals surface area contributed by atoms with Gasteiger partial charge in [-0.25, -0.2) is 9.78 Å². The minimum absolute atomic E-state index is 0.0688. The molecule has 0 bridgehead atoms. The first-order chi connectivity index (χ1) is 7.36. The first-order valence-corrected chi connectivity index (χ1v) is 4.56. The zero-order chi connectivity index (χ0) is 12.3. The molecule has 1 aromatic rings. The second-order valence-electron chi connectivity index (χ2n) is 3.67. The number of nitrogens with zero attached hydrogens (tertiary/aromatic N) is 1. The number of nitrogens with one attached hydrogen (secondary N) is 2. The van der Waals surface area contributed by atoms with Gasteiger partial charge in [0.25, 0.3) is 5.91 Å². The number of rotatable bonds is 3. The summed E-state index contributed by atoms with van der Waals surface area (Å²) in [6, 6.07) is 0. The summed E-state index contributed by atoms with van der Waals surface area (Å²) in [4.78, 5) is 25.4. The molecule has 1 heterocycles. The Bertz CT molecular complexity index is 411. The van der Waals surface area contributed by atoms with Gasteiger partial charge in [0.2, 0.25) is 5.89 Å². The van der Waals surface area contributed by atoms with E-state index in [0.717, 1.165) is 6.26 Å². The van der Waals surface area contributed by atoms with Gasteiger partial charge in [-0.05, 0) is 20.9 Å². The Balaban J connectivity index is 2.87. The van der Waals surface area contributed by atoms with Gasteiger partial charge in [0, 0.05) is 0 Å². The molecular formula is C9H13N3O4. The standard InChI is InChI=1S/C9H13N3O4/c1-9(2,10-3)7-11-5(4-16-7)6(13)12-8(14)15/h4,10H,1-3H3,(H,12,13)(H,14,15). The van der Waals surface area contributed by atoms with Crippen LogP contribution in [-0.4, -0.2) is 29.1 Å². The van der Waals surface area contributed by atoms with Crippen LogP contribution in [0.4, 0.5) is 4.79 Å². The topological polar surface area (TPSA) is 104 Å². The van der Waals surface area contributed by atoms with Crippen molar-refractivity contribution in [2.45, 2.75) is 19.4 Å². The molecule has 0 unspecified atom stereocenters. The number of hydrogen-bond donors (Lipinski definition) is 3. The summed E-state index contributed by atoms with van der Waals surface area (Å²) in [7, 11) is 1.72. The van der Waals surface area contributed by atoms with Gasteiger partial charge in [-0.2, -0.15) is 0 Å².